The summed E-state index contributed by atoms with van der Waals surface area (Å²) in [4.78, 5) is 23.7. The fraction of sp³-hybridized carbons (Fsp3) is 0.722. The van der Waals surface area contributed by atoms with E-state index in [4.69, 9.17) is 16.3 Å². The lowest BCUT2D eigenvalue weighted by atomic mass is 10.2. The average Bonchev–Trinajstić information content (AvgIpc) is 2.57. The van der Waals surface area contributed by atoms with Crippen molar-refractivity contribution in [3.8, 4) is 0 Å². The molecule has 0 aliphatic heterocycles. The molecule has 0 radical (unpaired) electrons. The molecule has 1 rings (SSSR count). The minimum Gasteiger partial charge on any atom is -0.444 e. The Morgan fingerprint density at radius 1 is 1.16 bits per heavy atom. The first-order chi connectivity index (χ1) is 11.7. The van der Waals surface area contributed by atoms with Gasteiger partial charge in [-0.1, -0.05) is 39.3 Å². The molecule has 0 saturated carbocycles. The summed E-state index contributed by atoms with van der Waals surface area (Å²) in [5.74, 6) is 0.697. The fourth-order valence-corrected chi connectivity index (χ4v) is 1.76. The molecule has 1 aromatic rings. The zero-order valence-corrected chi connectivity index (χ0v) is 18.0. The lowest BCUT2D eigenvalue weighted by molar-refractivity contribution is 0.0303. The van der Waals surface area contributed by atoms with Crippen molar-refractivity contribution in [1.82, 2.24) is 14.9 Å². The molecule has 0 unspecified atom stereocenters. The number of rotatable bonds is 5. The lowest BCUT2D eigenvalue weighted by Gasteiger charge is -2.27. The highest BCUT2D eigenvalue weighted by molar-refractivity contribution is 6.29. The number of amides is 1. The van der Waals surface area contributed by atoms with Crippen LogP contribution < -0.4 is 4.90 Å². The van der Waals surface area contributed by atoms with Gasteiger partial charge in [-0.05, 0) is 27.7 Å². The highest BCUT2D eigenvalue weighted by atomic mass is 35.5. The van der Waals surface area contributed by atoms with Crippen LogP contribution in [0.25, 0.3) is 0 Å². The van der Waals surface area contributed by atoms with Gasteiger partial charge in [-0.25, -0.2) is 9.78 Å². The molecule has 0 spiro atoms. The standard InChI is InChI=1S/C14H23ClN4O2.2C2H6/c1-6-19(12-10-16-9-11(15)17-12)8-7-18(5)13(20)21-14(2,3)4;2*1-2/h9-10H,6-8H2,1-5H3;2*1-2H3. The van der Waals surface area contributed by atoms with Gasteiger partial charge in [0, 0.05) is 26.7 Å². The van der Waals surface area contributed by atoms with Gasteiger partial charge in [-0.3, -0.25) is 4.98 Å². The molecule has 0 atom stereocenters. The molecule has 146 valence electrons. The van der Waals surface area contributed by atoms with Crippen molar-refractivity contribution in [2.45, 2.75) is 61.0 Å². The van der Waals surface area contributed by atoms with Crippen LogP contribution in [-0.2, 0) is 4.74 Å². The maximum absolute atomic E-state index is 11.9. The lowest BCUT2D eigenvalue weighted by Crippen LogP contribution is -2.39. The molecule has 0 bridgehead atoms. The Hall–Kier alpha value is -1.56. The van der Waals surface area contributed by atoms with E-state index in [2.05, 4.69) is 9.97 Å². The number of carbonyl (C=O) groups is 1. The number of hydrogen-bond acceptors (Lipinski definition) is 5. The number of likely N-dealkylation sites (N-methyl/N-ethyl adjacent to an activating group) is 2. The van der Waals surface area contributed by atoms with Crippen molar-refractivity contribution >= 4 is 23.5 Å². The van der Waals surface area contributed by atoms with E-state index in [1.165, 1.54) is 6.20 Å². The molecule has 6 nitrogen and oxygen atoms in total. The van der Waals surface area contributed by atoms with Crippen LogP contribution >= 0.6 is 11.6 Å². The van der Waals surface area contributed by atoms with E-state index < -0.39 is 5.60 Å². The van der Waals surface area contributed by atoms with Gasteiger partial charge in [-0.2, -0.15) is 0 Å². The third-order valence-electron chi connectivity index (χ3n) is 2.71. The van der Waals surface area contributed by atoms with Gasteiger partial charge in [0.1, 0.15) is 16.6 Å². The summed E-state index contributed by atoms with van der Waals surface area (Å²) >= 11 is 5.85. The van der Waals surface area contributed by atoms with Crippen molar-refractivity contribution in [1.29, 1.82) is 0 Å². The molecule has 0 N–H and O–H groups in total. The normalized spacial score (nSPS) is 9.84. The van der Waals surface area contributed by atoms with E-state index >= 15 is 0 Å². The van der Waals surface area contributed by atoms with Gasteiger partial charge < -0.3 is 14.5 Å². The first-order valence-electron chi connectivity index (χ1n) is 8.89. The predicted molar refractivity (Wildman–Crippen MR) is 106 cm³/mol. The Kier molecular flexibility index (Phi) is 14.1. The topological polar surface area (TPSA) is 58.6 Å². The van der Waals surface area contributed by atoms with Crippen LogP contribution in [0.15, 0.2) is 12.4 Å². The summed E-state index contributed by atoms with van der Waals surface area (Å²) < 4.78 is 5.31. The van der Waals surface area contributed by atoms with E-state index in [-0.39, 0.29) is 6.09 Å². The maximum Gasteiger partial charge on any atom is 0.410 e. The van der Waals surface area contributed by atoms with Crippen molar-refractivity contribution in [3.63, 3.8) is 0 Å². The van der Waals surface area contributed by atoms with Gasteiger partial charge in [0.25, 0.3) is 0 Å². The van der Waals surface area contributed by atoms with Gasteiger partial charge in [0.15, 0.2) is 0 Å². The van der Waals surface area contributed by atoms with Crippen LogP contribution in [0.2, 0.25) is 5.15 Å². The Balaban J connectivity index is 0. The number of hydrogen-bond donors (Lipinski definition) is 0. The van der Waals surface area contributed by atoms with Crippen LogP contribution in [0, 0.1) is 0 Å². The second kappa shape index (κ2) is 13.7. The maximum atomic E-state index is 11.9. The first-order valence-corrected chi connectivity index (χ1v) is 9.27. The molecule has 0 aliphatic rings. The zero-order valence-electron chi connectivity index (χ0n) is 17.3. The molecule has 0 saturated heterocycles. The number of nitrogens with zero attached hydrogens (tertiary/aromatic N) is 4. The van der Waals surface area contributed by atoms with Gasteiger partial charge >= 0.3 is 6.09 Å². The van der Waals surface area contributed by atoms with Crippen molar-refractivity contribution in [2.24, 2.45) is 0 Å². The third kappa shape index (κ3) is 11.6. The zero-order chi connectivity index (χ0) is 20.0. The van der Waals surface area contributed by atoms with Gasteiger partial charge in [0.2, 0.25) is 0 Å². The highest BCUT2D eigenvalue weighted by Gasteiger charge is 2.20. The summed E-state index contributed by atoms with van der Waals surface area (Å²) in [5, 5.41) is 0.353. The molecule has 0 aliphatic carbocycles. The quantitative estimate of drug-likeness (QED) is 0.735. The minimum absolute atomic E-state index is 0.337. The van der Waals surface area contributed by atoms with E-state index in [1.807, 2.05) is 60.3 Å². The average molecular weight is 375 g/mol. The Labute approximate surface area is 158 Å². The van der Waals surface area contributed by atoms with Crippen molar-refractivity contribution < 1.29 is 9.53 Å². The summed E-state index contributed by atoms with van der Waals surface area (Å²) in [6.07, 6.45) is 2.81. The smallest absolute Gasteiger partial charge is 0.410 e. The molecule has 1 amide bonds. The summed E-state index contributed by atoms with van der Waals surface area (Å²) in [6.45, 7) is 17.4. The Bertz CT molecular complexity index is 478. The molecule has 7 heteroatoms. The van der Waals surface area contributed by atoms with Crippen LogP contribution in [0.3, 0.4) is 0 Å². The van der Waals surface area contributed by atoms with Crippen LogP contribution in [0.4, 0.5) is 10.6 Å². The van der Waals surface area contributed by atoms with Crippen molar-refractivity contribution in [2.75, 3.05) is 31.6 Å². The SMILES string of the molecule is CC.CC.CCN(CCN(C)C(=O)OC(C)(C)C)c1cncc(Cl)n1. The summed E-state index contributed by atoms with van der Waals surface area (Å²) in [7, 11) is 1.71. The number of ether oxygens (including phenoxy) is 1. The highest BCUT2D eigenvalue weighted by Crippen LogP contribution is 2.13. The van der Waals surface area contributed by atoms with E-state index in [0.29, 0.717) is 24.1 Å². The molecule has 25 heavy (non-hydrogen) atoms. The Morgan fingerprint density at radius 3 is 2.16 bits per heavy atom. The fourth-order valence-electron chi connectivity index (χ4n) is 1.62. The third-order valence-corrected chi connectivity index (χ3v) is 2.89. The molecular weight excluding hydrogens is 340 g/mol. The molecule has 1 heterocycles. The van der Waals surface area contributed by atoms with E-state index in [0.717, 1.165) is 6.54 Å². The van der Waals surface area contributed by atoms with Crippen molar-refractivity contribution in [3.05, 3.63) is 17.5 Å². The van der Waals surface area contributed by atoms with Crippen LogP contribution in [-0.4, -0.2) is 53.2 Å². The molecule has 0 fully saturated rings. The van der Waals surface area contributed by atoms with Gasteiger partial charge in [-0.15, -0.1) is 0 Å². The Morgan fingerprint density at radius 2 is 1.72 bits per heavy atom. The first kappa shape index (κ1) is 25.7. The minimum atomic E-state index is -0.492. The monoisotopic (exact) mass is 374 g/mol. The summed E-state index contributed by atoms with van der Waals surface area (Å²) in [5.41, 5.74) is -0.492. The number of anilines is 1. The second-order valence-electron chi connectivity index (χ2n) is 5.68. The molecule has 0 aromatic carbocycles. The predicted octanol–water partition coefficient (Wildman–Crippen LogP) is 4.88. The second-order valence-corrected chi connectivity index (χ2v) is 6.07. The molecule has 1 aromatic heterocycles. The van der Waals surface area contributed by atoms with Crippen LogP contribution in [0.5, 0.6) is 0 Å². The van der Waals surface area contributed by atoms with E-state index in [1.54, 1.807) is 18.1 Å². The number of halogens is 1. The van der Waals surface area contributed by atoms with Gasteiger partial charge in [0.05, 0.1) is 12.4 Å². The largest absolute Gasteiger partial charge is 0.444 e. The number of carbonyl (C=O) groups excluding carboxylic acids is 1. The number of aromatic nitrogens is 2. The molecular formula is C18H35ClN4O2. The van der Waals surface area contributed by atoms with Crippen LogP contribution in [0.1, 0.15) is 55.4 Å². The summed E-state index contributed by atoms with van der Waals surface area (Å²) in [6, 6.07) is 0. The van der Waals surface area contributed by atoms with E-state index in [9.17, 15) is 4.79 Å².